The number of likely N-dealkylation sites (tertiary alicyclic amines) is 1. The molecule has 1 aliphatic rings. The number of hydrogen-bond acceptors (Lipinski definition) is 6. The molecule has 0 bridgehead atoms. The molecule has 0 spiro atoms. The summed E-state index contributed by atoms with van der Waals surface area (Å²) >= 11 is 1.53. The summed E-state index contributed by atoms with van der Waals surface area (Å²) < 4.78 is 5.14. The highest BCUT2D eigenvalue weighted by Crippen LogP contribution is 2.22. The minimum Gasteiger partial charge on any atom is -0.497 e. The molecule has 1 N–H and O–H groups in total. The number of aromatic nitrogens is 2. The molecule has 1 atom stereocenters. The number of carbonyl (C=O) groups is 2. The van der Waals surface area contributed by atoms with Gasteiger partial charge in [-0.05, 0) is 49.2 Å². The second-order valence-corrected chi connectivity index (χ2v) is 8.31. The molecule has 3 aromatic rings. The van der Waals surface area contributed by atoms with E-state index in [0.29, 0.717) is 25.1 Å². The molecule has 2 aromatic heterocycles. The Morgan fingerprint density at radius 1 is 1.19 bits per heavy atom. The Morgan fingerprint density at radius 3 is 2.77 bits per heavy atom. The molecule has 1 aromatic carbocycles. The lowest BCUT2D eigenvalue weighted by atomic mass is 10.2. The van der Waals surface area contributed by atoms with E-state index in [4.69, 9.17) is 4.74 Å². The summed E-state index contributed by atoms with van der Waals surface area (Å²) in [7, 11) is 1.60. The van der Waals surface area contributed by atoms with Gasteiger partial charge in [-0.25, -0.2) is 4.98 Å². The molecule has 1 aliphatic heterocycles. The van der Waals surface area contributed by atoms with Crippen molar-refractivity contribution < 1.29 is 14.3 Å². The first-order valence-electron chi connectivity index (χ1n) is 10.2. The highest BCUT2D eigenvalue weighted by Gasteiger charge is 2.34. The van der Waals surface area contributed by atoms with E-state index in [0.717, 1.165) is 28.6 Å². The quantitative estimate of drug-likeness (QED) is 0.614. The van der Waals surface area contributed by atoms with Crippen molar-refractivity contribution in [1.29, 1.82) is 0 Å². The fraction of sp³-hybridized carbons (Fsp3) is 0.304. The first-order valence-corrected chi connectivity index (χ1v) is 11.1. The number of rotatable bonds is 7. The number of benzene rings is 1. The predicted octanol–water partition coefficient (Wildman–Crippen LogP) is 3.31. The molecule has 7 nitrogen and oxygen atoms in total. The van der Waals surface area contributed by atoms with Crippen molar-refractivity contribution in [2.75, 3.05) is 19.0 Å². The van der Waals surface area contributed by atoms with Crippen LogP contribution in [0, 0.1) is 0 Å². The molecular formula is C23H24N4O3S. The average molecular weight is 437 g/mol. The molecule has 4 rings (SSSR count). The number of thiazole rings is 1. The van der Waals surface area contributed by atoms with Gasteiger partial charge in [-0.2, -0.15) is 0 Å². The summed E-state index contributed by atoms with van der Waals surface area (Å²) in [5, 5.41) is 5.75. The van der Waals surface area contributed by atoms with Crippen LogP contribution in [0.1, 0.15) is 29.2 Å². The summed E-state index contributed by atoms with van der Waals surface area (Å²) in [4.78, 5) is 36.3. The van der Waals surface area contributed by atoms with E-state index in [1.54, 1.807) is 42.5 Å². The van der Waals surface area contributed by atoms with Gasteiger partial charge in [0, 0.05) is 35.9 Å². The molecule has 31 heavy (non-hydrogen) atoms. The van der Waals surface area contributed by atoms with Crippen molar-refractivity contribution in [3.63, 3.8) is 0 Å². The van der Waals surface area contributed by atoms with E-state index >= 15 is 0 Å². The van der Waals surface area contributed by atoms with E-state index in [1.165, 1.54) is 11.3 Å². The zero-order valence-electron chi connectivity index (χ0n) is 17.3. The maximum Gasteiger partial charge on any atom is 0.247 e. The lowest BCUT2D eigenvalue weighted by Gasteiger charge is -2.23. The summed E-state index contributed by atoms with van der Waals surface area (Å²) in [6, 6.07) is 12.5. The third-order valence-corrected chi connectivity index (χ3v) is 6.12. The highest BCUT2D eigenvalue weighted by molar-refractivity contribution is 7.09. The van der Waals surface area contributed by atoms with Crippen molar-refractivity contribution in [2.45, 2.75) is 31.7 Å². The Bertz CT molecular complexity index is 1040. The Hall–Kier alpha value is -3.26. The van der Waals surface area contributed by atoms with E-state index in [2.05, 4.69) is 15.3 Å². The molecule has 8 heteroatoms. The minimum atomic E-state index is -0.457. The zero-order chi connectivity index (χ0) is 21.6. The van der Waals surface area contributed by atoms with Crippen molar-refractivity contribution in [3.05, 3.63) is 70.4 Å². The van der Waals surface area contributed by atoms with Gasteiger partial charge in [-0.15, -0.1) is 11.3 Å². The van der Waals surface area contributed by atoms with Crippen molar-refractivity contribution >= 4 is 28.8 Å². The first kappa shape index (κ1) is 21.0. The topological polar surface area (TPSA) is 84.4 Å². The number of anilines is 1. The number of hydrogen-bond donors (Lipinski definition) is 1. The summed E-state index contributed by atoms with van der Waals surface area (Å²) in [6.45, 7) is 0.588. The van der Waals surface area contributed by atoms with Crippen molar-refractivity contribution in [2.24, 2.45) is 0 Å². The van der Waals surface area contributed by atoms with Gasteiger partial charge in [0.05, 0.1) is 24.2 Å². The van der Waals surface area contributed by atoms with Gasteiger partial charge < -0.3 is 15.0 Å². The molecule has 1 saturated heterocycles. The fourth-order valence-corrected chi connectivity index (χ4v) is 4.47. The number of ether oxygens (including phenoxy) is 1. The number of nitrogens with one attached hydrogen (secondary N) is 1. The highest BCUT2D eigenvalue weighted by atomic mass is 32.1. The fourth-order valence-electron chi connectivity index (χ4n) is 3.66. The van der Waals surface area contributed by atoms with Gasteiger partial charge in [0.25, 0.3) is 0 Å². The lowest BCUT2D eigenvalue weighted by molar-refractivity contribution is -0.136. The second kappa shape index (κ2) is 9.70. The van der Waals surface area contributed by atoms with Crippen LogP contribution >= 0.6 is 11.3 Å². The Morgan fingerprint density at radius 2 is 2.03 bits per heavy atom. The van der Waals surface area contributed by atoms with Gasteiger partial charge in [0.15, 0.2) is 0 Å². The van der Waals surface area contributed by atoms with Crippen LogP contribution in [0.5, 0.6) is 5.75 Å². The first-order chi connectivity index (χ1) is 15.1. The van der Waals surface area contributed by atoms with Crippen LogP contribution < -0.4 is 10.1 Å². The van der Waals surface area contributed by atoms with Crippen LogP contribution in [0.15, 0.2) is 54.0 Å². The van der Waals surface area contributed by atoms with Crippen molar-refractivity contribution in [1.82, 2.24) is 14.9 Å². The summed E-state index contributed by atoms with van der Waals surface area (Å²) in [5.74, 6) is 0.494. The third-order valence-electron chi connectivity index (χ3n) is 5.22. The van der Waals surface area contributed by atoms with Gasteiger partial charge in [0.2, 0.25) is 11.8 Å². The van der Waals surface area contributed by atoms with Gasteiger partial charge in [0.1, 0.15) is 11.8 Å². The van der Waals surface area contributed by atoms with Crippen LogP contribution in [0.3, 0.4) is 0 Å². The third kappa shape index (κ3) is 5.27. The van der Waals surface area contributed by atoms with E-state index in [9.17, 15) is 9.59 Å². The van der Waals surface area contributed by atoms with Crippen LogP contribution in [0.4, 0.5) is 5.69 Å². The normalized spacial score (nSPS) is 15.6. The molecule has 1 fully saturated rings. The molecule has 2 amide bonds. The number of nitrogens with zero attached hydrogens (tertiary/aromatic N) is 3. The van der Waals surface area contributed by atoms with Crippen LogP contribution in [0.2, 0.25) is 0 Å². The minimum absolute atomic E-state index is 0.0675. The molecule has 3 heterocycles. The standard InChI is InChI=1S/C23H24N4O3S/c1-30-19-9-7-16(8-10-19)26-23(29)20-6-4-12-27(20)22(28)14-18-15-31-21(25-18)13-17-5-2-3-11-24-17/h2-3,5,7-11,15,20H,4,6,12-14H2,1H3,(H,26,29). The van der Waals surface area contributed by atoms with E-state index in [-0.39, 0.29) is 18.2 Å². The maximum absolute atomic E-state index is 12.9. The Labute approximate surface area is 185 Å². The maximum atomic E-state index is 12.9. The Balaban J connectivity index is 1.35. The smallest absolute Gasteiger partial charge is 0.247 e. The molecule has 0 saturated carbocycles. The predicted molar refractivity (Wildman–Crippen MR) is 119 cm³/mol. The molecule has 1 unspecified atom stereocenters. The Kier molecular flexibility index (Phi) is 6.57. The molecule has 160 valence electrons. The van der Waals surface area contributed by atoms with E-state index < -0.39 is 6.04 Å². The number of methoxy groups -OCH3 is 1. The number of carbonyl (C=O) groups excluding carboxylic acids is 2. The van der Waals surface area contributed by atoms with Gasteiger partial charge >= 0.3 is 0 Å². The van der Waals surface area contributed by atoms with Crippen LogP contribution in [0.25, 0.3) is 0 Å². The molecular weight excluding hydrogens is 412 g/mol. The SMILES string of the molecule is COc1ccc(NC(=O)C2CCCN2C(=O)Cc2csc(Cc3ccccn3)n2)cc1. The summed E-state index contributed by atoms with van der Waals surface area (Å²) in [6.07, 6.45) is 4.09. The number of pyridine rings is 1. The molecule has 0 aliphatic carbocycles. The van der Waals surface area contributed by atoms with Crippen LogP contribution in [-0.2, 0) is 22.4 Å². The monoisotopic (exact) mass is 436 g/mol. The van der Waals surface area contributed by atoms with E-state index in [1.807, 2.05) is 23.6 Å². The second-order valence-electron chi connectivity index (χ2n) is 7.37. The van der Waals surface area contributed by atoms with Crippen LogP contribution in [-0.4, -0.2) is 46.4 Å². The summed E-state index contributed by atoms with van der Waals surface area (Å²) in [5.41, 5.74) is 2.37. The lowest BCUT2D eigenvalue weighted by Crippen LogP contribution is -2.43. The zero-order valence-corrected chi connectivity index (χ0v) is 18.1. The number of amides is 2. The average Bonchev–Trinajstić information content (AvgIpc) is 3.45. The van der Waals surface area contributed by atoms with Crippen molar-refractivity contribution in [3.8, 4) is 5.75 Å². The molecule has 0 radical (unpaired) electrons. The van der Waals surface area contributed by atoms with Gasteiger partial charge in [-0.1, -0.05) is 6.07 Å². The largest absolute Gasteiger partial charge is 0.497 e. The van der Waals surface area contributed by atoms with Gasteiger partial charge in [-0.3, -0.25) is 14.6 Å².